The molecule has 0 bridgehead atoms. The van der Waals surface area contributed by atoms with Crippen molar-refractivity contribution in [1.29, 1.82) is 0 Å². The summed E-state index contributed by atoms with van der Waals surface area (Å²) in [5.41, 5.74) is 8.57. The molecule has 2 aromatic carbocycles. The first-order valence-corrected chi connectivity index (χ1v) is 15.1. The van der Waals surface area contributed by atoms with Crippen LogP contribution in [0, 0.1) is 38.0 Å². The van der Waals surface area contributed by atoms with Gasteiger partial charge in [-0.25, -0.2) is 0 Å². The van der Waals surface area contributed by atoms with Crippen molar-refractivity contribution in [2.45, 2.75) is 96.8 Å². The molecule has 2 aliphatic carbocycles. The van der Waals surface area contributed by atoms with E-state index in [1.54, 1.807) is 11.1 Å². The molecule has 1 nitrogen and oxygen atoms in total. The minimum absolute atomic E-state index is 0.108. The molecule has 0 N–H and O–H groups in total. The van der Waals surface area contributed by atoms with Crippen molar-refractivity contribution < 1.29 is 0 Å². The number of fused-ring (bicyclic) bond motifs is 1. The second-order valence-electron chi connectivity index (χ2n) is 12.1. The summed E-state index contributed by atoms with van der Waals surface area (Å²) in [6.45, 7) is 13.2. The van der Waals surface area contributed by atoms with Crippen LogP contribution in [0.5, 0.6) is 0 Å². The van der Waals surface area contributed by atoms with E-state index in [0.29, 0.717) is 6.42 Å². The summed E-state index contributed by atoms with van der Waals surface area (Å²) >= 11 is 0. The number of benzene rings is 2. The van der Waals surface area contributed by atoms with Gasteiger partial charge >= 0.3 is 0 Å². The van der Waals surface area contributed by atoms with Gasteiger partial charge in [-0.1, -0.05) is 73.9 Å². The van der Waals surface area contributed by atoms with E-state index in [1.807, 2.05) is 0 Å². The van der Waals surface area contributed by atoms with Crippen LogP contribution in [0.3, 0.4) is 0 Å². The molecule has 4 rings (SSSR count). The average molecular weight is 508 g/mol. The van der Waals surface area contributed by atoms with Gasteiger partial charge in [0, 0.05) is 30.6 Å². The lowest BCUT2D eigenvalue weighted by Crippen LogP contribution is -2.47. The number of rotatable bonds is 13. The Kier molecular flexibility index (Phi) is 9.96. The van der Waals surface area contributed by atoms with Crippen molar-refractivity contribution in [2.24, 2.45) is 11.8 Å². The first-order chi connectivity index (χ1) is 18.5. The Morgan fingerprint density at radius 3 is 2.68 bits per heavy atom. The second-order valence-corrected chi connectivity index (χ2v) is 12.1. The topological polar surface area (TPSA) is 3.24 Å². The van der Waals surface area contributed by atoms with Crippen LogP contribution in [-0.4, -0.2) is 13.1 Å². The van der Waals surface area contributed by atoms with Gasteiger partial charge in [0.15, 0.2) is 0 Å². The van der Waals surface area contributed by atoms with E-state index in [2.05, 4.69) is 92.8 Å². The van der Waals surface area contributed by atoms with E-state index in [0.717, 1.165) is 31.3 Å². The van der Waals surface area contributed by atoms with Crippen molar-refractivity contribution in [2.75, 3.05) is 18.0 Å². The highest BCUT2D eigenvalue weighted by Gasteiger charge is 2.39. The van der Waals surface area contributed by atoms with Gasteiger partial charge in [0.25, 0.3) is 0 Å². The van der Waals surface area contributed by atoms with Crippen LogP contribution in [0.25, 0.3) is 0 Å². The Morgan fingerprint density at radius 1 is 1.11 bits per heavy atom. The minimum Gasteiger partial charge on any atom is -0.370 e. The van der Waals surface area contributed by atoms with Gasteiger partial charge in [-0.3, -0.25) is 0 Å². The average Bonchev–Trinajstić information content (AvgIpc) is 2.89. The summed E-state index contributed by atoms with van der Waals surface area (Å²) in [7, 11) is 0. The Morgan fingerprint density at radius 2 is 1.95 bits per heavy atom. The molecule has 0 spiro atoms. The predicted molar refractivity (Wildman–Crippen MR) is 166 cm³/mol. The molecule has 1 saturated carbocycles. The van der Waals surface area contributed by atoms with Gasteiger partial charge in [-0.2, -0.15) is 0 Å². The molecule has 0 heterocycles. The standard InChI is InChI=1S/C37H49N/c1-6-9-10-11-12-15-32-20-21-34(32)27-38(36-26-31(14-7-2)19-18-30(36)5)28-37(23-8-3)24-13-16-33-25-29(4)17-22-35(33)37/h2,8,11-12,17-19,22,25-26,32,34H,3,6,9-10,13-16,20-21,23-24,27-28H2,1,4-5H3/b12-11+. The van der Waals surface area contributed by atoms with Crippen LogP contribution in [0.1, 0.15) is 92.5 Å². The van der Waals surface area contributed by atoms with Gasteiger partial charge in [-0.05, 0) is 105 Å². The third-order valence-electron chi connectivity index (χ3n) is 9.24. The van der Waals surface area contributed by atoms with E-state index < -0.39 is 0 Å². The van der Waals surface area contributed by atoms with E-state index in [1.165, 1.54) is 80.2 Å². The van der Waals surface area contributed by atoms with Crippen LogP contribution < -0.4 is 4.90 Å². The summed E-state index contributed by atoms with van der Waals surface area (Å²) in [5, 5.41) is 0. The van der Waals surface area contributed by atoms with Crippen molar-refractivity contribution in [1.82, 2.24) is 0 Å². The fraction of sp³-hybridized carbons (Fsp3) is 0.514. The molecule has 2 aromatic rings. The van der Waals surface area contributed by atoms with Crippen LogP contribution in [0.4, 0.5) is 5.69 Å². The highest BCUT2D eigenvalue weighted by atomic mass is 15.1. The molecule has 1 heteroatoms. The van der Waals surface area contributed by atoms with Crippen LogP contribution in [0.15, 0.2) is 61.2 Å². The maximum absolute atomic E-state index is 5.73. The van der Waals surface area contributed by atoms with Crippen molar-refractivity contribution >= 4 is 5.69 Å². The third-order valence-corrected chi connectivity index (χ3v) is 9.24. The number of terminal acetylenes is 1. The Hall–Kier alpha value is -2.72. The molecular weight excluding hydrogens is 458 g/mol. The van der Waals surface area contributed by atoms with Gasteiger partial charge in [0.2, 0.25) is 0 Å². The van der Waals surface area contributed by atoms with Gasteiger partial charge in [0.1, 0.15) is 0 Å². The number of hydrogen-bond donors (Lipinski definition) is 0. The molecule has 1 fully saturated rings. The molecule has 3 atom stereocenters. The lowest BCUT2D eigenvalue weighted by Gasteiger charge is -2.47. The van der Waals surface area contributed by atoms with Gasteiger partial charge in [0.05, 0.1) is 0 Å². The monoisotopic (exact) mass is 507 g/mol. The molecule has 0 amide bonds. The zero-order valence-electron chi connectivity index (χ0n) is 24.3. The predicted octanol–water partition coefficient (Wildman–Crippen LogP) is 9.30. The number of anilines is 1. The largest absolute Gasteiger partial charge is 0.370 e. The summed E-state index contributed by atoms with van der Waals surface area (Å²) in [6, 6.07) is 14.1. The number of hydrogen-bond acceptors (Lipinski definition) is 1. The maximum atomic E-state index is 5.73. The van der Waals surface area contributed by atoms with Crippen molar-refractivity contribution in [3.05, 3.63) is 89.0 Å². The van der Waals surface area contributed by atoms with Crippen molar-refractivity contribution in [3.8, 4) is 12.3 Å². The van der Waals surface area contributed by atoms with Gasteiger partial charge < -0.3 is 4.90 Å². The summed E-state index contributed by atoms with van der Waals surface area (Å²) < 4.78 is 0. The fourth-order valence-electron chi connectivity index (χ4n) is 6.94. The smallest absolute Gasteiger partial charge is 0.0399 e. The van der Waals surface area contributed by atoms with Crippen molar-refractivity contribution in [3.63, 3.8) is 0 Å². The molecule has 202 valence electrons. The molecule has 38 heavy (non-hydrogen) atoms. The zero-order valence-corrected chi connectivity index (χ0v) is 24.3. The van der Waals surface area contributed by atoms with Gasteiger partial charge in [-0.15, -0.1) is 18.9 Å². The number of aryl methyl sites for hydroxylation is 3. The highest BCUT2D eigenvalue weighted by Crippen LogP contribution is 2.44. The normalized spacial score (nSPS) is 22.5. The fourth-order valence-corrected chi connectivity index (χ4v) is 6.94. The highest BCUT2D eigenvalue weighted by molar-refractivity contribution is 5.57. The second kappa shape index (κ2) is 13.4. The van der Waals surface area contributed by atoms with E-state index in [-0.39, 0.29) is 5.41 Å². The Bertz CT molecular complexity index is 1150. The number of allylic oxidation sites excluding steroid dienone is 3. The Labute approximate surface area is 233 Å². The summed E-state index contributed by atoms with van der Waals surface area (Å²) in [4.78, 5) is 2.76. The summed E-state index contributed by atoms with van der Waals surface area (Å²) in [5.74, 6) is 4.43. The maximum Gasteiger partial charge on any atom is 0.0399 e. The zero-order chi connectivity index (χ0) is 27.0. The molecule has 0 aromatic heterocycles. The molecule has 3 unspecified atom stereocenters. The number of nitrogens with zero attached hydrogens (tertiary/aromatic N) is 1. The molecular formula is C37H49N. The SMILES string of the molecule is C#CCc1ccc(C)c(N(CC2CCC2C/C=C/CCCC)CC2(CC=C)CCCc3cc(C)ccc32)c1. The summed E-state index contributed by atoms with van der Waals surface area (Å²) in [6.07, 6.45) is 25.9. The van der Waals surface area contributed by atoms with Crippen LogP contribution in [0.2, 0.25) is 0 Å². The first kappa shape index (κ1) is 28.3. The third kappa shape index (κ3) is 6.64. The Balaban J connectivity index is 1.65. The molecule has 2 aliphatic rings. The van der Waals surface area contributed by atoms with Crippen LogP contribution >= 0.6 is 0 Å². The molecule has 0 radical (unpaired) electrons. The molecule has 0 aliphatic heterocycles. The van der Waals surface area contributed by atoms with Crippen LogP contribution in [-0.2, 0) is 18.3 Å². The molecule has 0 saturated heterocycles. The lowest BCUT2D eigenvalue weighted by atomic mass is 9.66. The minimum atomic E-state index is 0.108. The van der Waals surface area contributed by atoms with E-state index >= 15 is 0 Å². The quantitative estimate of drug-likeness (QED) is 0.148. The van der Waals surface area contributed by atoms with E-state index in [4.69, 9.17) is 6.42 Å². The first-order valence-electron chi connectivity index (χ1n) is 15.1. The van der Waals surface area contributed by atoms with E-state index in [9.17, 15) is 0 Å². The number of unbranched alkanes of at least 4 members (excludes halogenated alkanes) is 2. The lowest BCUT2D eigenvalue weighted by molar-refractivity contribution is 0.179.